The van der Waals surface area contributed by atoms with Crippen molar-refractivity contribution in [3.8, 4) is 0 Å². The molecule has 3 nitrogen and oxygen atoms in total. The van der Waals surface area contributed by atoms with E-state index in [-0.39, 0.29) is 11.7 Å². The van der Waals surface area contributed by atoms with Crippen molar-refractivity contribution in [2.45, 2.75) is 0 Å². The second kappa shape index (κ2) is 5.05. The van der Waals surface area contributed by atoms with Gasteiger partial charge in [0.05, 0.1) is 5.69 Å². The molecule has 0 atom stereocenters. The number of benzene rings is 1. The third-order valence-electron chi connectivity index (χ3n) is 2.08. The van der Waals surface area contributed by atoms with Crippen LogP contribution in [0.4, 0.5) is 10.1 Å². The first-order valence-corrected chi connectivity index (χ1v) is 5.63. The number of nitrogens with one attached hydrogen (secondary N) is 1. The lowest BCUT2D eigenvalue weighted by atomic mass is 10.3. The van der Waals surface area contributed by atoms with Gasteiger partial charge in [-0.3, -0.25) is 9.78 Å². The number of aromatic nitrogens is 1. The molecule has 5 heteroatoms. The molecular weight excluding hydrogens is 287 g/mol. The summed E-state index contributed by atoms with van der Waals surface area (Å²) in [5.41, 5.74) is 0.811. The number of halogens is 2. The van der Waals surface area contributed by atoms with Crippen LogP contribution in [-0.4, -0.2) is 10.9 Å². The fraction of sp³-hybridized carbons (Fsp3) is 0. The van der Waals surface area contributed by atoms with Crippen LogP contribution < -0.4 is 5.32 Å². The van der Waals surface area contributed by atoms with Crippen LogP contribution in [0.15, 0.2) is 47.1 Å². The second-order valence-electron chi connectivity index (χ2n) is 3.29. The van der Waals surface area contributed by atoms with Gasteiger partial charge in [0.25, 0.3) is 5.91 Å². The number of pyridine rings is 1. The molecule has 1 amide bonds. The molecule has 1 N–H and O–H groups in total. The van der Waals surface area contributed by atoms with E-state index in [0.717, 1.165) is 0 Å². The average Bonchev–Trinajstić information content (AvgIpc) is 2.34. The van der Waals surface area contributed by atoms with Crippen LogP contribution in [0.25, 0.3) is 0 Å². The first-order chi connectivity index (χ1) is 8.16. The van der Waals surface area contributed by atoms with E-state index in [1.807, 2.05) is 0 Å². The van der Waals surface area contributed by atoms with Crippen molar-refractivity contribution in [3.05, 3.63) is 58.6 Å². The molecule has 0 saturated heterocycles. The summed E-state index contributed by atoms with van der Waals surface area (Å²) in [5.74, 6) is -0.703. The highest BCUT2D eigenvalue weighted by atomic mass is 79.9. The summed E-state index contributed by atoms with van der Waals surface area (Å²) in [6.45, 7) is 0. The minimum Gasteiger partial charge on any atom is -0.320 e. The number of nitrogens with zero attached hydrogens (tertiary/aromatic N) is 1. The molecule has 17 heavy (non-hydrogen) atoms. The van der Waals surface area contributed by atoms with E-state index in [4.69, 9.17) is 0 Å². The van der Waals surface area contributed by atoms with Crippen LogP contribution in [0.1, 0.15) is 10.5 Å². The van der Waals surface area contributed by atoms with E-state index in [9.17, 15) is 9.18 Å². The maximum Gasteiger partial charge on any atom is 0.274 e. The molecule has 1 aromatic carbocycles. The zero-order chi connectivity index (χ0) is 12.3. The Bertz CT molecular complexity index is 545. The maximum atomic E-state index is 12.9. The van der Waals surface area contributed by atoms with Gasteiger partial charge in [-0.1, -0.05) is 6.07 Å². The molecule has 0 spiro atoms. The summed E-state index contributed by atoms with van der Waals surface area (Å²) in [7, 11) is 0. The van der Waals surface area contributed by atoms with E-state index < -0.39 is 0 Å². The molecule has 2 aromatic rings. The monoisotopic (exact) mass is 294 g/mol. The number of rotatable bonds is 2. The van der Waals surface area contributed by atoms with Crippen LogP contribution in [0.5, 0.6) is 0 Å². The third-order valence-corrected chi connectivity index (χ3v) is 2.73. The van der Waals surface area contributed by atoms with E-state index in [2.05, 4.69) is 26.2 Å². The Hall–Kier alpha value is -1.75. The van der Waals surface area contributed by atoms with Crippen LogP contribution >= 0.6 is 15.9 Å². The van der Waals surface area contributed by atoms with Gasteiger partial charge in [-0.25, -0.2) is 4.39 Å². The molecule has 1 aromatic heterocycles. The van der Waals surface area contributed by atoms with E-state index in [1.165, 1.54) is 24.4 Å². The first-order valence-electron chi connectivity index (χ1n) is 4.84. The summed E-state index contributed by atoms with van der Waals surface area (Å²) >= 11 is 3.17. The van der Waals surface area contributed by atoms with E-state index in [0.29, 0.717) is 15.9 Å². The van der Waals surface area contributed by atoms with Crippen molar-refractivity contribution in [2.24, 2.45) is 0 Å². The Labute approximate surface area is 106 Å². The number of amides is 1. The van der Waals surface area contributed by atoms with Crippen LogP contribution in [-0.2, 0) is 0 Å². The van der Waals surface area contributed by atoms with Crippen LogP contribution in [0.2, 0.25) is 0 Å². The summed E-state index contributed by atoms with van der Waals surface area (Å²) in [5, 5.41) is 2.64. The van der Waals surface area contributed by atoms with Crippen molar-refractivity contribution in [2.75, 3.05) is 5.32 Å². The Kier molecular flexibility index (Phi) is 3.49. The zero-order valence-corrected chi connectivity index (χ0v) is 10.2. The van der Waals surface area contributed by atoms with Gasteiger partial charge < -0.3 is 5.32 Å². The Balaban J connectivity index is 2.19. The Morgan fingerprint density at radius 2 is 2.12 bits per heavy atom. The predicted octanol–water partition coefficient (Wildman–Crippen LogP) is 3.24. The average molecular weight is 295 g/mol. The lowest BCUT2D eigenvalue weighted by Crippen LogP contribution is -2.13. The van der Waals surface area contributed by atoms with Gasteiger partial charge in [0.2, 0.25) is 0 Å². The van der Waals surface area contributed by atoms with E-state index in [1.54, 1.807) is 18.2 Å². The highest BCUT2D eigenvalue weighted by molar-refractivity contribution is 9.10. The van der Waals surface area contributed by atoms with Gasteiger partial charge >= 0.3 is 0 Å². The second-order valence-corrected chi connectivity index (χ2v) is 4.15. The fourth-order valence-corrected chi connectivity index (χ4v) is 1.72. The summed E-state index contributed by atoms with van der Waals surface area (Å²) in [6, 6.07) is 9.10. The number of carbonyl (C=O) groups is 1. The molecule has 0 radical (unpaired) electrons. The molecule has 0 bridgehead atoms. The van der Waals surface area contributed by atoms with Gasteiger partial charge in [-0.15, -0.1) is 0 Å². The van der Waals surface area contributed by atoms with Crippen molar-refractivity contribution >= 4 is 27.5 Å². The van der Waals surface area contributed by atoms with E-state index >= 15 is 0 Å². The SMILES string of the molecule is O=C(Nc1ccc(F)cc1Br)c1ccccn1. The highest BCUT2D eigenvalue weighted by Crippen LogP contribution is 2.23. The molecule has 0 unspecified atom stereocenters. The lowest BCUT2D eigenvalue weighted by molar-refractivity contribution is 0.102. The van der Waals surface area contributed by atoms with Crippen molar-refractivity contribution < 1.29 is 9.18 Å². The molecule has 0 fully saturated rings. The molecule has 1 heterocycles. The normalized spacial score (nSPS) is 10.0. The minimum absolute atomic E-state index is 0.309. The van der Waals surface area contributed by atoms with Crippen molar-refractivity contribution in [1.29, 1.82) is 0 Å². The number of anilines is 1. The summed E-state index contributed by atoms with van der Waals surface area (Å²) in [6.07, 6.45) is 1.54. The summed E-state index contributed by atoms with van der Waals surface area (Å²) in [4.78, 5) is 15.7. The van der Waals surface area contributed by atoms with Gasteiger partial charge in [0, 0.05) is 10.7 Å². The number of hydrogen-bond donors (Lipinski definition) is 1. The Morgan fingerprint density at radius 3 is 2.76 bits per heavy atom. The smallest absolute Gasteiger partial charge is 0.274 e. The molecule has 0 aliphatic rings. The van der Waals surface area contributed by atoms with Gasteiger partial charge in [-0.2, -0.15) is 0 Å². The zero-order valence-electron chi connectivity index (χ0n) is 8.65. The highest BCUT2D eigenvalue weighted by Gasteiger charge is 2.09. The Morgan fingerprint density at radius 1 is 1.29 bits per heavy atom. The minimum atomic E-state index is -0.368. The third kappa shape index (κ3) is 2.88. The molecule has 0 aliphatic carbocycles. The largest absolute Gasteiger partial charge is 0.320 e. The maximum absolute atomic E-state index is 12.9. The van der Waals surface area contributed by atoms with Gasteiger partial charge in [0.15, 0.2) is 0 Å². The molecule has 0 saturated carbocycles. The lowest BCUT2D eigenvalue weighted by Gasteiger charge is -2.06. The van der Waals surface area contributed by atoms with Gasteiger partial charge in [-0.05, 0) is 46.3 Å². The first kappa shape index (κ1) is 11.7. The van der Waals surface area contributed by atoms with Crippen molar-refractivity contribution in [3.63, 3.8) is 0 Å². The molecule has 0 aliphatic heterocycles. The van der Waals surface area contributed by atoms with Crippen molar-refractivity contribution in [1.82, 2.24) is 4.98 Å². The number of carbonyl (C=O) groups excluding carboxylic acids is 1. The molecule has 2 rings (SSSR count). The predicted molar refractivity (Wildman–Crippen MR) is 66.3 cm³/mol. The van der Waals surface area contributed by atoms with Crippen LogP contribution in [0.3, 0.4) is 0 Å². The molecular formula is C12H8BrFN2O. The quantitative estimate of drug-likeness (QED) is 0.924. The van der Waals surface area contributed by atoms with Gasteiger partial charge in [0.1, 0.15) is 11.5 Å². The standard InChI is InChI=1S/C12H8BrFN2O/c13-9-7-8(14)4-5-10(9)16-12(17)11-3-1-2-6-15-11/h1-7H,(H,16,17). The topological polar surface area (TPSA) is 42.0 Å². The fourth-order valence-electron chi connectivity index (χ4n) is 1.27. The molecule has 86 valence electrons. The summed E-state index contributed by atoms with van der Waals surface area (Å²) < 4.78 is 13.3. The van der Waals surface area contributed by atoms with Crippen LogP contribution in [0, 0.1) is 5.82 Å². The number of hydrogen-bond acceptors (Lipinski definition) is 2.